The lowest BCUT2D eigenvalue weighted by molar-refractivity contribution is 0.135. The fraction of sp³-hybridized carbons (Fsp3) is 0.364. The first-order valence-electron chi connectivity index (χ1n) is 10.1. The van der Waals surface area contributed by atoms with E-state index < -0.39 is 16.1 Å². The molecular formula is C22H23BrN2O3S. The molecule has 0 bridgehead atoms. The lowest BCUT2D eigenvalue weighted by Gasteiger charge is -2.27. The zero-order valence-electron chi connectivity index (χ0n) is 16.0. The summed E-state index contributed by atoms with van der Waals surface area (Å²) in [7, 11) is -3.68. The minimum atomic E-state index is -3.68. The van der Waals surface area contributed by atoms with E-state index in [4.69, 9.17) is 0 Å². The van der Waals surface area contributed by atoms with Crippen molar-refractivity contribution in [2.75, 3.05) is 19.6 Å². The van der Waals surface area contributed by atoms with E-state index in [0.717, 1.165) is 35.1 Å². The maximum absolute atomic E-state index is 13.3. The molecule has 3 aromatic rings. The molecule has 0 spiro atoms. The van der Waals surface area contributed by atoms with Gasteiger partial charge in [0.2, 0.25) is 0 Å². The zero-order chi connectivity index (χ0) is 20.2. The van der Waals surface area contributed by atoms with Gasteiger partial charge >= 0.3 is 0 Å². The van der Waals surface area contributed by atoms with Gasteiger partial charge in [-0.25, -0.2) is 12.4 Å². The van der Waals surface area contributed by atoms with Crippen LogP contribution >= 0.6 is 15.9 Å². The van der Waals surface area contributed by atoms with Gasteiger partial charge in [0.05, 0.1) is 22.2 Å². The number of benzene rings is 2. The number of piperidine rings is 1. The molecule has 5 rings (SSSR count). The van der Waals surface area contributed by atoms with Crippen molar-refractivity contribution < 1.29 is 13.5 Å². The van der Waals surface area contributed by atoms with E-state index in [2.05, 4.69) is 20.8 Å². The van der Waals surface area contributed by atoms with Crippen LogP contribution in [-0.2, 0) is 10.0 Å². The van der Waals surface area contributed by atoms with E-state index in [1.165, 1.54) is 23.2 Å². The predicted octanol–water partition coefficient (Wildman–Crippen LogP) is 4.53. The average molecular weight is 475 g/mol. The third kappa shape index (κ3) is 3.06. The van der Waals surface area contributed by atoms with Gasteiger partial charge in [0.1, 0.15) is 0 Å². The second-order valence-corrected chi connectivity index (χ2v) is 10.6. The number of hydrogen-bond acceptors (Lipinski definition) is 4. The molecule has 0 aliphatic carbocycles. The quantitative estimate of drug-likeness (QED) is 0.471. The highest BCUT2D eigenvalue weighted by molar-refractivity contribution is 9.10. The lowest BCUT2D eigenvalue weighted by Crippen LogP contribution is -2.31. The van der Waals surface area contributed by atoms with E-state index in [9.17, 15) is 13.5 Å². The van der Waals surface area contributed by atoms with Crippen LogP contribution in [0.3, 0.4) is 0 Å². The predicted molar refractivity (Wildman–Crippen MR) is 118 cm³/mol. The van der Waals surface area contributed by atoms with Gasteiger partial charge in [-0.1, -0.05) is 40.5 Å². The fourth-order valence-electron chi connectivity index (χ4n) is 4.72. The minimum Gasteiger partial charge on any atom is -0.388 e. The number of aliphatic hydroxyl groups is 1. The highest BCUT2D eigenvalue weighted by atomic mass is 79.9. The second-order valence-electron chi connectivity index (χ2n) is 7.90. The molecule has 1 aromatic heterocycles. The van der Waals surface area contributed by atoms with Crippen molar-refractivity contribution in [2.45, 2.75) is 36.7 Å². The molecule has 1 unspecified atom stereocenters. The van der Waals surface area contributed by atoms with Crippen molar-refractivity contribution >= 4 is 36.9 Å². The van der Waals surface area contributed by atoms with E-state index in [1.807, 2.05) is 30.3 Å². The molecule has 2 aliphatic rings. The minimum absolute atomic E-state index is 0.297. The summed E-state index contributed by atoms with van der Waals surface area (Å²) in [5, 5.41) is 12.0. The topological polar surface area (TPSA) is 62.5 Å². The summed E-state index contributed by atoms with van der Waals surface area (Å²) >= 11 is 3.47. The standard InChI is InChI=1S/C22H23BrN2O3S/c23-15-8-9-20-17(14-15)22-21(19(26)10-13-24-11-4-1-5-12-24)16-6-2-3-7-18(16)25(22)29(20,27)28/h2-3,6-9,14,19,26H,1,4-5,10-13H2. The van der Waals surface area contributed by atoms with Crippen molar-refractivity contribution in [1.29, 1.82) is 0 Å². The van der Waals surface area contributed by atoms with Crippen molar-refractivity contribution in [2.24, 2.45) is 0 Å². The van der Waals surface area contributed by atoms with Crippen LogP contribution in [0.2, 0.25) is 0 Å². The van der Waals surface area contributed by atoms with Gasteiger partial charge in [0, 0.05) is 27.5 Å². The Hall–Kier alpha value is -1.67. The van der Waals surface area contributed by atoms with E-state index in [1.54, 1.807) is 12.1 Å². The molecule has 152 valence electrons. The van der Waals surface area contributed by atoms with Crippen LogP contribution in [0.15, 0.2) is 51.8 Å². The van der Waals surface area contributed by atoms with E-state index in [-0.39, 0.29) is 0 Å². The third-order valence-electron chi connectivity index (χ3n) is 6.09. The number of likely N-dealkylation sites (tertiary alicyclic amines) is 1. The number of para-hydroxylation sites is 1. The highest BCUT2D eigenvalue weighted by Crippen LogP contribution is 2.48. The SMILES string of the molecule is O=S1(=O)c2ccc(Br)cc2-c2c(C(O)CCN3CCCCC3)c3ccccc3n21. The second kappa shape index (κ2) is 7.23. The number of hydrogen-bond donors (Lipinski definition) is 1. The largest absolute Gasteiger partial charge is 0.388 e. The van der Waals surface area contributed by atoms with Crippen LogP contribution in [0, 0.1) is 0 Å². The smallest absolute Gasteiger partial charge is 0.269 e. The molecule has 29 heavy (non-hydrogen) atoms. The number of aromatic nitrogens is 1. The maximum Gasteiger partial charge on any atom is 0.269 e. The summed E-state index contributed by atoms with van der Waals surface area (Å²) in [4.78, 5) is 2.69. The van der Waals surface area contributed by atoms with Crippen molar-refractivity contribution in [1.82, 2.24) is 8.87 Å². The average Bonchev–Trinajstić information content (AvgIpc) is 3.18. The first-order chi connectivity index (χ1) is 14.0. The van der Waals surface area contributed by atoms with Gasteiger partial charge in [-0.15, -0.1) is 0 Å². The van der Waals surface area contributed by atoms with Crippen LogP contribution in [0.4, 0.5) is 0 Å². The molecule has 1 N–H and O–H groups in total. The molecule has 0 radical (unpaired) electrons. The fourth-order valence-corrected chi connectivity index (χ4v) is 6.81. The summed E-state index contributed by atoms with van der Waals surface area (Å²) < 4.78 is 28.8. The van der Waals surface area contributed by atoms with Crippen molar-refractivity contribution in [3.8, 4) is 11.3 Å². The molecule has 1 atom stereocenters. The Balaban J connectivity index is 1.64. The highest BCUT2D eigenvalue weighted by Gasteiger charge is 2.38. The Morgan fingerprint density at radius 1 is 1.07 bits per heavy atom. The molecule has 1 saturated heterocycles. The number of nitrogens with zero attached hydrogens (tertiary/aromatic N) is 2. The Bertz CT molecular complexity index is 1200. The summed E-state index contributed by atoms with van der Waals surface area (Å²) in [6.45, 7) is 2.97. The van der Waals surface area contributed by atoms with Crippen LogP contribution < -0.4 is 0 Å². The summed E-state index contributed by atoms with van der Waals surface area (Å²) in [6.07, 6.45) is 3.56. The van der Waals surface area contributed by atoms with Gasteiger partial charge in [-0.3, -0.25) is 0 Å². The van der Waals surface area contributed by atoms with E-state index in [0.29, 0.717) is 28.1 Å². The molecule has 2 aliphatic heterocycles. The van der Waals surface area contributed by atoms with Crippen LogP contribution in [0.1, 0.15) is 37.4 Å². The molecular weight excluding hydrogens is 452 g/mol. The number of halogens is 1. The molecule has 0 saturated carbocycles. The van der Waals surface area contributed by atoms with E-state index >= 15 is 0 Å². The maximum atomic E-state index is 13.3. The van der Waals surface area contributed by atoms with Gasteiger partial charge in [0.15, 0.2) is 0 Å². The Kier molecular flexibility index (Phi) is 4.81. The van der Waals surface area contributed by atoms with Gasteiger partial charge in [-0.05, 0) is 56.6 Å². The van der Waals surface area contributed by atoms with Crippen molar-refractivity contribution in [3.63, 3.8) is 0 Å². The molecule has 1 fully saturated rings. The Morgan fingerprint density at radius 3 is 2.62 bits per heavy atom. The van der Waals surface area contributed by atoms with Gasteiger partial charge in [-0.2, -0.15) is 0 Å². The number of aliphatic hydroxyl groups excluding tert-OH is 1. The van der Waals surface area contributed by atoms with Crippen LogP contribution in [0.5, 0.6) is 0 Å². The van der Waals surface area contributed by atoms with Gasteiger partial charge in [0.25, 0.3) is 10.0 Å². The summed E-state index contributed by atoms with van der Waals surface area (Å²) in [6, 6.07) is 12.7. The Morgan fingerprint density at radius 2 is 1.83 bits per heavy atom. The van der Waals surface area contributed by atoms with Gasteiger partial charge < -0.3 is 10.0 Å². The molecule has 7 heteroatoms. The third-order valence-corrected chi connectivity index (χ3v) is 8.35. The van der Waals surface area contributed by atoms with Crippen molar-refractivity contribution in [3.05, 3.63) is 52.5 Å². The normalized spacial score (nSPS) is 19.2. The summed E-state index contributed by atoms with van der Waals surface area (Å²) in [5.74, 6) is 0. The molecule has 2 aromatic carbocycles. The number of fused-ring (bicyclic) bond motifs is 5. The zero-order valence-corrected chi connectivity index (χ0v) is 18.4. The van der Waals surface area contributed by atoms with Crippen LogP contribution in [-0.4, -0.2) is 42.0 Å². The molecule has 0 amide bonds. The first kappa shape index (κ1) is 19.3. The molecule has 3 heterocycles. The molecule has 5 nitrogen and oxygen atoms in total. The number of rotatable bonds is 4. The van der Waals surface area contributed by atoms with Crippen LogP contribution in [0.25, 0.3) is 22.2 Å². The first-order valence-corrected chi connectivity index (χ1v) is 12.3. The Labute approximate surface area is 179 Å². The lowest BCUT2D eigenvalue weighted by atomic mass is 9.98. The summed E-state index contributed by atoms with van der Waals surface area (Å²) in [5.41, 5.74) is 2.61. The monoisotopic (exact) mass is 474 g/mol.